The van der Waals surface area contributed by atoms with Crippen LogP contribution in [0, 0.1) is 12.8 Å². The van der Waals surface area contributed by atoms with Crippen molar-refractivity contribution >= 4 is 11.6 Å². The van der Waals surface area contributed by atoms with Gasteiger partial charge in [0.2, 0.25) is 5.91 Å². The first-order chi connectivity index (χ1) is 9.99. The van der Waals surface area contributed by atoms with Gasteiger partial charge in [-0.3, -0.25) is 4.79 Å². The van der Waals surface area contributed by atoms with Crippen molar-refractivity contribution in [1.29, 1.82) is 0 Å². The zero-order chi connectivity index (χ0) is 15.5. The highest BCUT2D eigenvalue weighted by atomic mass is 16.1. The van der Waals surface area contributed by atoms with Crippen LogP contribution in [0.5, 0.6) is 0 Å². The average molecular weight is 289 g/mol. The van der Waals surface area contributed by atoms with Gasteiger partial charge in [-0.15, -0.1) is 0 Å². The third-order valence-electron chi connectivity index (χ3n) is 4.96. The number of nitrogens with zero attached hydrogens (tertiary/aromatic N) is 1. The van der Waals surface area contributed by atoms with Crippen LogP contribution in [0.1, 0.15) is 31.2 Å². The third-order valence-corrected chi connectivity index (χ3v) is 4.96. The predicted octanol–water partition coefficient (Wildman–Crippen LogP) is 2.06. The number of hydrogen-bond acceptors (Lipinski definition) is 3. The molecular weight excluding hydrogens is 262 g/mol. The number of anilines is 1. The maximum absolute atomic E-state index is 11.9. The van der Waals surface area contributed by atoms with Gasteiger partial charge in [0, 0.05) is 19.3 Å². The summed E-state index contributed by atoms with van der Waals surface area (Å²) in [5.41, 5.74) is 7.64. The molecule has 0 aliphatic heterocycles. The van der Waals surface area contributed by atoms with E-state index in [0.717, 1.165) is 32.2 Å². The number of carbonyl (C=O) groups excluding carboxylic acids is 1. The van der Waals surface area contributed by atoms with Crippen LogP contribution in [0.2, 0.25) is 0 Å². The Kier molecular flexibility index (Phi) is 4.88. The van der Waals surface area contributed by atoms with E-state index in [1.807, 2.05) is 7.05 Å². The van der Waals surface area contributed by atoms with Crippen LogP contribution in [0.15, 0.2) is 24.3 Å². The highest BCUT2D eigenvalue weighted by Crippen LogP contribution is 2.37. The Labute approximate surface area is 127 Å². The zero-order valence-corrected chi connectivity index (χ0v) is 13.4. The van der Waals surface area contributed by atoms with Crippen molar-refractivity contribution in [2.75, 3.05) is 25.5 Å². The van der Waals surface area contributed by atoms with Crippen LogP contribution >= 0.6 is 0 Å². The Morgan fingerprint density at radius 1 is 1.52 bits per heavy atom. The molecule has 0 heterocycles. The van der Waals surface area contributed by atoms with E-state index in [9.17, 15) is 4.79 Å². The SMILES string of the molecule is CNC1(C(N)=O)CCCC1CCN(C)c1cccc(C)c1. The lowest BCUT2D eigenvalue weighted by atomic mass is 9.84. The molecule has 4 nitrogen and oxygen atoms in total. The summed E-state index contributed by atoms with van der Waals surface area (Å²) in [6.07, 6.45) is 3.99. The second-order valence-corrected chi connectivity index (χ2v) is 6.22. The summed E-state index contributed by atoms with van der Waals surface area (Å²) in [5.74, 6) is 0.123. The van der Waals surface area contributed by atoms with Gasteiger partial charge in [0.25, 0.3) is 0 Å². The lowest BCUT2D eigenvalue weighted by Crippen LogP contribution is -2.56. The van der Waals surface area contributed by atoms with Crippen LogP contribution in [0.25, 0.3) is 0 Å². The van der Waals surface area contributed by atoms with Crippen molar-refractivity contribution in [3.8, 4) is 0 Å². The molecule has 1 aliphatic carbocycles. The summed E-state index contributed by atoms with van der Waals surface area (Å²) in [6.45, 7) is 3.04. The minimum absolute atomic E-state index is 0.203. The van der Waals surface area contributed by atoms with Crippen LogP contribution in [0.3, 0.4) is 0 Å². The molecule has 3 N–H and O–H groups in total. The van der Waals surface area contributed by atoms with Gasteiger partial charge in [-0.25, -0.2) is 0 Å². The highest BCUT2D eigenvalue weighted by Gasteiger charge is 2.46. The number of amides is 1. The van der Waals surface area contributed by atoms with Crippen molar-refractivity contribution in [2.24, 2.45) is 11.7 Å². The summed E-state index contributed by atoms with van der Waals surface area (Å²) < 4.78 is 0. The van der Waals surface area contributed by atoms with Gasteiger partial charge < -0.3 is 16.0 Å². The van der Waals surface area contributed by atoms with Crippen molar-refractivity contribution in [2.45, 2.75) is 38.1 Å². The number of benzene rings is 1. The molecule has 1 aromatic rings. The van der Waals surface area contributed by atoms with Crippen molar-refractivity contribution in [3.63, 3.8) is 0 Å². The normalized spacial score (nSPS) is 25.0. The highest BCUT2D eigenvalue weighted by molar-refractivity contribution is 5.85. The van der Waals surface area contributed by atoms with E-state index in [1.54, 1.807) is 0 Å². The molecule has 2 rings (SSSR count). The Bertz CT molecular complexity index is 503. The standard InChI is InChI=1S/C17H27N3O/c1-13-6-4-8-15(12-13)20(3)11-9-14-7-5-10-17(14,19-2)16(18)21/h4,6,8,12,14,19H,5,7,9-11H2,1-3H3,(H2,18,21). The van der Waals surface area contributed by atoms with Gasteiger partial charge in [0.05, 0.1) is 0 Å². The van der Waals surface area contributed by atoms with Gasteiger partial charge in [-0.05, 0) is 56.8 Å². The quantitative estimate of drug-likeness (QED) is 0.843. The van der Waals surface area contributed by atoms with Gasteiger partial charge in [0.15, 0.2) is 0 Å². The molecule has 1 aliphatic rings. The molecule has 1 fully saturated rings. The van der Waals surface area contributed by atoms with Gasteiger partial charge in [-0.1, -0.05) is 18.6 Å². The van der Waals surface area contributed by atoms with E-state index >= 15 is 0 Å². The van der Waals surface area contributed by atoms with Gasteiger partial charge in [0.1, 0.15) is 5.54 Å². The molecule has 0 saturated heterocycles. The predicted molar refractivity (Wildman–Crippen MR) is 87.4 cm³/mol. The summed E-state index contributed by atoms with van der Waals surface area (Å²) in [7, 11) is 3.96. The lowest BCUT2D eigenvalue weighted by Gasteiger charge is -2.33. The Balaban J connectivity index is 2.00. The number of likely N-dealkylation sites (N-methyl/N-ethyl adjacent to an activating group) is 1. The zero-order valence-electron chi connectivity index (χ0n) is 13.4. The number of hydrogen-bond donors (Lipinski definition) is 2. The molecule has 2 unspecified atom stereocenters. The van der Waals surface area contributed by atoms with Crippen molar-refractivity contribution in [3.05, 3.63) is 29.8 Å². The van der Waals surface area contributed by atoms with Gasteiger partial charge >= 0.3 is 0 Å². The molecule has 0 aromatic heterocycles. The molecule has 116 valence electrons. The van der Waals surface area contributed by atoms with Crippen molar-refractivity contribution in [1.82, 2.24) is 5.32 Å². The minimum atomic E-state index is -0.507. The average Bonchev–Trinajstić information content (AvgIpc) is 2.89. The summed E-state index contributed by atoms with van der Waals surface area (Å²) >= 11 is 0. The Morgan fingerprint density at radius 3 is 2.90 bits per heavy atom. The molecular formula is C17H27N3O. The first-order valence-electron chi connectivity index (χ1n) is 7.76. The molecule has 1 amide bonds. The molecule has 21 heavy (non-hydrogen) atoms. The Morgan fingerprint density at radius 2 is 2.29 bits per heavy atom. The largest absolute Gasteiger partial charge is 0.375 e. The second kappa shape index (κ2) is 6.48. The maximum atomic E-state index is 11.9. The number of nitrogens with two attached hydrogens (primary N) is 1. The molecule has 0 bridgehead atoms. The molecule has 4 heteroatoms. The number of aryl methyl sites for hydroxylation is 1. The second-order valence-electron chi connectivity index (χ2n) is 6.22. The van der Waals surface area contributed by atoms with Crippen LogP contribution < -0.4 is 16.0 Å². The van der Waals surface area contributed by atoms with E-state index < -0.39 is 5.54 Å². The van der Waals surface area contributed by atoms with Crippen LogP contribution in [-0.4, -0.2) is 32.1 Å². The monoisotopic (exact) mass is 289 g/mol. The van der Waals surface area contributed by atoms with Crippen LogP contribution in [-0.2, 0) is 4.79 Å². The summed E-state index contributed by atoms with van der Waals surface area (Å²) in [6, 6.07) is 8.50. The fourth-order valence-corrected chi connectivity index (χ4v) is 3.59. The maximum Gasteiger partial charge on any atom is 0.238 e. The molecule has 2 atom stereocenters. The molecule has 1 saturated carbocycles. The minimum Gasteiger partial charge on any atom is -0.375 e. The lowest BCUT2D eigenvalue weighted by molar-refractivity contribution is -0.125. The van der Waals surface area contributed by atoms with E-state index in [-0.39, 0.29) is 5.91 Å². The van der Waals surface area contributed by atoms with E-state index in [2.05, 4.69) is 48.5 Å². The van der Waals surface area contributed by atoms with Gasteiger partial charge in [-0.2, -0.15) is 0 Å². The topological polar surface area (TPSA) is 58.4 Å². The fourth-order valence-electron chi connectivity index (χ4n) is 3.59. The number of primary amides is 1. The molecule has 0 radical (unpaired) electrons. The Hall–Kier alpha value is -1.55. The van der Waals surface area contributed by atoms with Crippen LogP contribution in [0.4, 0.5) is 5.69 Å². The van der Waals surface area contributed by atoms with E-state index in [1.165, 1.54) is 11.3 Å². The third kappa shape index (κ3) is 3.21. The number of carbonyl (C=O) groups is 1. The first-order valence-corrected chi connectivity index (χ1v) is 7.76. The number of nitrogens with one attached hydrogen (secondary N) is 1. The smallest absolute Gasteiger partial charge is 0.238 e. The van der Waals surface area contributed by atoms with E-state index in [4.69, 9.17) is 5.73 Å². The first kappa shape index (κ1) is 15.8. The fraction of sp³-hybridized carbons (Fsp3) is 0.588. The van der Waals surface area contributed by atoms with Crippen molar-refractivity contribution < 1.29 is 4.79 Å². The van der Waals surface area contributed by atoms with E-state index in [0.29, 0.717) is 5.92 Å². The molecule has 1 aromatic carbocycles. The summed E-state index contributed by atoms with van der Waals surface area (Å²) in [4.78, 5) is 14.1. The number of rotatable bonds is 6. The molecule has 0 spiro atoms. The summed E-state index contributed by atoms with van der Waals surface area (Å²) in [5, 5.41) is 3.21.